The molecule has 3 N–H and O–H groups in total. The lowest BCUT2D eigenvalue weighted by Crippen LogP contribution is -2.46. The van der Waals surface area contributed by atoms with Gasteiger partial charge in [-0.3, -0.25) is 0 Å². The highest BCUT2D eigenvalue weighted by atomic mass is 32.2. The number of hydrogen-bond acceptors (Lipinski definition) is 5. The standard InChI is InChI=1S/C13H21N3O2S2/c14-12-4-6-13(7-5-12)19-10-11-20(17,18)15-16-8-2-1-3-9-16/h4-7,15H,1-3,8-11,14H2. The van der Waals surface area contributed by atoms with Gasteiger partial charge in [-0.25, -0.2) is 13.4 Å². The van der Waals surface area contributed by atoms with E-state index in [1.54, 1.807) is 0 Å². The fraction of sp³-hybridized carbons (Fsp3) is 0.538. The molecule has 1 heterocycles. The SMILES string of the molecule is Nc1ccc(SCCS(=O)(=O)NN2CCCCC2)cc1. The summed E-state index contributed by atoms with van der Waals surface area (Å²) in [6.45, 7) is 1.62. The molecule has 20 heavy (non-hydrogen) atoms. The van der Waals surface area contributed by atoms with E-state index in [1.807, 2.05) is 29.3 Å². The highest BCUT2D eigenvalue weighted by Gasteiger charge is 2.17. The smallest absolute Gasteiger partial charge is 0.225 e. The van der Waals surface area contributed by atoms with Crippen molar-refractivity contribution in [1.82, 2.24) is 9.84 Å². The Balaban J connectivity index is 1.75. The molecule has 0 aliphatic carbocycles. The third kappa shape index (κ3) is 5.32. The Kier molecular flexibility index (Phi) is 5.71. The van der Waals surface area contributed by atoms with Gasteiger partial charge in [-0.05, 0) is 37.1 Å². The Morgan fingerprint density at radius 1 is 1.15 bits per heavy atom. The summed E-state index contributed by atoms with van der Waals surface area (Å²) in [4.78, 5) is 3.70. The number of nitrogens with one attached hydrogen (secondary N) is 1. The molecule has 0 spiro atoms. The van der Waals surface area contributed by atoms with Crippen molar-refractivity contribution in [3.63, 3.8) is 0 Å². The van der Waals surface area contributed by atoms with Gasteiger partial charge in [0.2, 0.25) is 10.0 Å². The summed E-state index contributed by atoms with van der Waals surface area (Å²) < 4.78 is 23.9. The van der Waals surface area contributed by atoms with Gasteiger partial charge in [0, 0.05) is 29.4 Å². The van der Waals surface area contributed by atoms with Crippen LogP contribution in [0.3, 0.4) is 0 Å². The average molecular weight is 315 g/mol. The van der Waals surface area contributed by atoms with Crippen molar-refractivity contribution >= 4 is 27.5 Å². The van der Waals surface area contributed by atoms with Gasteiger partial charge in [0.05, 0.1) is 5.75 Å². The molecule has 1 aromatic carbocycles. The molecular weight excluding hydrogens is 294 g/mol. The van der Waals surface area contributed by atoms with Crippen molar-refractivity contribution in [3.8, 4) is 0 Å². The Hall–Kier alpha value is -0.760. The summed E-state index contributed by atoms with van der Waals surface area (Å²) in [6, 6.07) is 7.46. The van der Waals surface area contributed by atoms with Crippen LogP contribution >= 0.6 is 11.8 Å². The maximum atomic E-state index is 12.0. The predicted molar refractivity (Wildman–Crippen MR) is 83.9 cm³/mol. The molecule has 1 saturated heterocycles. The number of hydrazine groups is 1. The lowest BCUT2D eigenvalue weighted by Gasteiger charge is -2.26. The van der Waals surface area contributed by atoms with Crippen molar-refractivity contribution in [2.75, 3.05) is 30.3 Å². The number of hydrogen-bond donors (Lipinski definition) is 2. The van der Waals surface area contributed by atoms with E-state index in [0.717, 1.165) is 30.8 Å². The van der Waals surface area contributed by atoms with Gasteiger partial charge in [-0.2, -0.15) is 0 Å². The zero-order valence-corrected chi connectivity index (χ0v) is 13.0. The number of nitrogen functional groups attached to an aromatic ring is 1. The molecule has 0 saturated carbocycles. The highest BCUT2D eigenvalue weighted by molar-refractivity contribution is 8.00. The van der Waals surface area contributed by atoms with Gasteiger partial charge in [0.15, 0.2) is 0 Å². The molecule has 0 aromatic heterocycles. The van der Waals surface area contributed by atoms with Gasteiger partial charge >= 0.3 is 0 Å². The number of nitrogens with zero attached hydrogens (tertiary/aromatic N) is 1. The monoisotopic (exact) mass is 315 g/mol. The van der Waals surface area contributed by atoms with E-state index in [0.29, 0.717) is 11.4 Å². The molecular formula is C13H21N3O2S2. The molecule has 1 aliphatic heterocycles. The van der Waals surface area contributed by atoms with E-state index in [-0.39, 0.29) is 5.75 Å². The van der Waals surface area contributed by atoms with Crippen molar-refractivity contribution < 1.29 is 8.42 Å². The number of rotatable bonds is 6. The van der Waals surface area contributed by atoms with E-state index in [2.05, 4.69) is 4.83 Å². The van der Waals surface area contributed by atoms with Crippen LogP contribution in [0.4, 0.5) is 5.69 Å². The van der Waals surface area contributed by atoms with Crippen molar-refractivity contribution in [2.24, 2.45) is 0 Å². The van der Waals surface area contributed by atoms with E-state index in [4.69, 9.17) is 5.73 Å². The predicted octanol–water partition coefficient (Wildman–Crippen LogP) is 1.68. The third-order valence-corrected chi connectivity index (χ3v) is 5.68. The summed E-state index contributed by atoms with van der Waals surface area (Å²) >= 11 is 1.52. The zero-order chi connectivity index (χ0) is 14.4. The Morgan fingerprint density at radius 2 is 1.80 bits per heavy atom. The Labute approximate surface area is 124 Å². The molecule has 0 bridgehead atoms. The molecule has 0 radical (unpaired) electrons. The van der Waals surface area contributed by atoms with Gasteiger partial charge in [-0.1, -0.05) is 6.42 Å². The zero-order valence-electron chi connectivity index (χ0n) is 11.4. The fourth-order valence-corrected chi connectivity index (χ4v) is 4.50. The number of thioether (sulfide) groups is 1. The van der Waals surface area contributed by atoms with E-state index in [9.17, 15) is 8.42 Å². The summed E-state index contributed by atoms with van der Waals surface area (Å²) in [7, 11) is -3.23. The summed E-state index contributed by atoms with van der Waals surface area (Å²) in [5.74, 6) is 0.658. The quantitative estimate of drug-likeness (QED) is 0.617. The molecule has 7 heteroatoms. The molecule has 2 rings (SSSR count). The Morgan fingerprint density at radius 3 is 2.45 bits per heavy atom. The lowest BCUT2D eigenvalue weighted by molar-refractivity contribution is 0.200. The van der Waals surface area contributed by atoms with Crippen molar-refractivity contribution in [1.29, 1.82) is 0 Å². The number of nitrogens with two attached hydrogens (primary N) is 1. The summed E-state index contributed by atoms with van der Waals surface area (Å²) in [5, 5.41) is 1.81. The maximum Gasteiger partial charge on any atom is 0.225 e. The lowest BCUT2D eigenvalue weighted by atomic mass is 10.2. The third-order valence-electron chi connectivity index (χ3n) is 3.13. The largest absolute Gasteiger partial charge is 0.399 e. The van der Waals surface area contributed by atoms with Crippen LogP contribution in [0.1, 0.15) is 19.3 Å². The van der Waals surface area contributed by atoms with E-state index >= 15 is 0 Å². The van der Waals surface area contributed by atoms with Gasteiger partial charge < -0.3 is 5.73 Å². The number of sulfonamides is 1. The first-order valence-electron chi connectivity index (χ1n) is 6.79. The molecule has 1 aliphatic rings. The summed E-state index contributed by atoms with van der Waals surface area (Å²) in [6.07, 6.45) is 3.30. The molecule has 1 aromatic rings. The minimum Gasteiger partial charge on any atom is -0.399 e. The summed E-state index contributed by atoms with van der Waals surface area (Å²) in [5.41, 5.74) is 6.32. The second kappa shape index (κ2) is 7.31. The van der Waals surface area contributed by atoms with Gasteiger partial charge in [0.1, 0.15) is 0 Å². The molecule has 0 amide bonds. The molecule has 1 fully saturated rings. The van der Waals surface area contributed by atoms with Crippen molar-refractivity contribution in [2.45, 2.75) is 24.2 Å². The van der Waals surface area contributed by atoms with Crippen LogP contribution in [0.25, 0.3) is 0 Å². The number of piperidine rings is 1. The normalized spacial score (nSPS) is 17.2. The van der Waals surface area contributed by atoms with E-state index < -0.39 is 10.0 Å². The van der Waals surface area contributed by atoms with E-state index in [1.165, 1.54) is 18.2 Å². The second-order valence-electron chi connectivity index (χ2n) is 4.88. The van der Waals surface area contributed by atoms with Crippen LogP contribution in [0.2, 0.25) is 0 Å². The Bertz CT molecular complexity index is 511. The molecule has 0 unspecified atom stereocenters. The van der Waals surface area contributed by atoms with Gasteiger partial charge in [-0.15, -0.1) is 16.6 Å². The van der Waals surface area contributed by atoms with Crippen LogP contribution in [0.15, 0.2) is 29.2 Å². The van der Waals surface area contributed by atoms with Crippen LogP contribution in [-0.4, -0.2) is 38.0 Å². The van der Waals surface area contributed by atoms with Crippen LogP contribution in [0, 0.1) is 0 Å². The van der Waals surface area contributed by atoms with Crippen LogP contribution < -0.4 is 10.6 Å². The number of benzene rings is 1. The topological polar surface area (TPSA) is 75.4 Å². The molecule has 0 atom stereocenters. The second-order valence-corrected chi connectivity index (χ2v) is 7.86. The van der Waals surface area contributed by atoms with Gasteiger partial charge in [0.25, 0.3) is 0 Å². The highest BCUT2D eigenvalue weighted by Crippen LogP contribution is 2.19. The fourth-order valence-electron chi connectivity index (χ4n) is 2.06. The maximum absolute atomic E-state index is 12.0. The number of anilines is 1. The first kappa shape index (κ1) is 15.6. The minimum atomic E-state index is -3.23. The molecule has 5 nitrogen and oxygen atoms in total. The first-order chi connectivity index (χ1) is 9.55. The minimum absolute atomic E-state index is 0.124. The first-order valence-corrected chi connectivity index (χ1v) is 9.42. The molecule has 112 valence electrons. The van der Waals surface area contributed by atoms with Crippen LogP contribution in [-0.2, 0) is 10.0 Å². The van der Waals surface area contributed by atoms with Crippen molar-refractivity contribution in [3.05, 3.63) is 24.3 Å². The average Bonchev–Trinajstić information content (AvgIpc) is 2.41. The van der Waals surface area contributed by atoms with Crippen LogP contribution in [0.5, 0.6) is 0 Å².